The molecule has 0 aromatic heterocycles. The van der Waals surface area contributed by atoms with E-state index in [4.69, 9.17) is 13.8 Å². The normalized spacial score (nSPS) is 12.9. The lowest BCUT2D eigenvalue weighted by atomic mass is 9.98. The summed E-state index contributed by atoms with van der Waals surface area (Å²) in [6, 6.07) is 22.0. The molecule has 0 bridgehead atoms. The minimum atomic E-state index is -1.25. The first-order valence-electron chi connectivity index (χ1n) is 10.3. The van der Waals surface area contributed by atoms with Crippen molar-refractivity contribution >= 4 is 42.1 Å². The van der Waals surface area contributed by atoms with Crippen molar-refractivity contribution in [1.29, 1.82) is 5.26 Å². The van der Waals surface area contributed by atoms with E-state index in [1.165, 1.54) is 39.2 Å². The molecule has 0 fully saturated rings. The third-order valence-corrected chi connectivity index (χ3v) is 7.91. The molecule has 4 nitrogen and oxygen atoms in total. The van der Waals surface area contributed by atoms with Crippen molar-refractivity contribution in [1.82, 2.24) is 4.67 Å². The Morgan fingerprint density at radius 3 is 2.07 bits per heavy atom. The Bertz CT molecular complexity index is 957. The van der Waals surface area contributed by atoms with Crippen LogP contribution in [0.25, 0.3) is 21.5 Å². The van der Waals surface area contributed by atoms with Gasteiger partial charge in [0.05, 0.1) is 19.1 Å². The van der Waals surface area contributed by atoms with Gasteiger partial charge in [-0.05, 0) is 60.9 Å². The van der Waals surface area contributed by atoms with Gasteiger partial charge in [-0.2, -0.15) is 5.26 Å². The van der Waals surface area contributed by atoms with E-state index < -0.39 is 8.53 Å². The first-order valence-corrected chi connectivity index (χ1v) is 12.3. The van der Waals surface area contributed by atoms with Crippen LogP contribution in [0.3, 0.4) is 0 Å². The summed E-state index contributed by atoms with van der Waals surface area (Å²) in [6.07, 6.45) is 0.366. The van der Waals surface area contributed by atoms with Crippen LogP contribution in [0.2, 0.25) is 0 Å². The smallest absolute Gasteiger partial charge is 0.271 e. The molecule has 0 aliphatic carbocycles. The summed E-state index contributed by atoms with van der Waals surface area (Å²) in [6.45, 7) is 8.98. The van der Waals surface area contributed by atoms with E-state index in [1.54, 1.807) is 0 Å². The van der Waals surface area contributed by atoms with Gasteiger partial charge in [-0.15, -0.1) is 0 Å². The van der Waals surface area contributed by atoms with E-state index in [0.717, 1.165) is 5.75 Å². The molecular weight excluding hydrogens is 411 g/mol. The number of nitrogens with zero attached hydrogens (tertiary/aromatic N) is 2. The van der Waals surface area contributed by atoms with Gasteiger partial charge in [-0.1, -0.05) is 48.5 Å². The van der Waals surface area contributed by atoms with Crippen molar-refractivity contribution in [3.8, 4) is 6.07 Å². The maximum absolute atomic E-state index is 8.88. The molecule has 0 aliphatic heterocycles. The third kappa shape index (κ3) is 5.52. The third-order valence-electron chi connectivity index (χ3n) is 4.86. The number of benzene rings is 3. The predicted octanol–water partition coefficient (Wildman–Crippen LogP) is 7.43. The first kappa shape index (κ1) is 23.0. The monoisotopic (exact) mass is 440 g/mol. The Labute approximate surface area is 185 Å². The van der Waals surface area contributed by atoms with Crippen LogP contribution in [0.5, 0.6) is 0 Å². The number of nitriles is 1. The Kier molecular flexibility index (Phi) is 8.50. The lowest BCUT2D eigenvalue weighted by Crippen LogP contribution is -2.33. The van der Waals surface area contributed by atoms with Gasteiger partial charge in [0, 0.05) is 29.9 Å². The fourth-order valence-corrected chi connectivity index (χ4v) is 6.28. The highest BCUT2D eigenvalue weighted by Gasteiger charge is 2.27. The molecule has 0 amide bonds. The van der Waals surface area contributed by atoms with Crippen molar-refractivity contribution in [3.05, 3.63) is 60.2 Å². The Balaban J connectivity index is 1.83. The van der Waals surface area contributed by atoms with Gasteiger partial charge < -0.3 is 4.52 Å². The fourth-order valence-electron chi connectivity index (χ4n) is 3.66. The zero-order chi connectivity index (χ0) is 21.5. The van der Waals surface area contributed by atoms with Crippen molar-refractivity contribution in [2.24, 2.45) is 0 Å². The molecule has 3 aromatic rings. The number of hydrogen-bond donors (Lipinski definition) is 0. The zero-order valence-electron chi connectivity index (χ0n) is 18.0. The van der Waals surface area contributed by atoms with Gasteiger partial charge in [0.25, 0.3) is 8.53 Å². The molecule has 0 saturated carbocycles. The molecule has 0 N–H and O–H groups in total. The van der Waals surface area contributed by atoms with Crippen LogP contribution >= 0.6 is 20.6 Å². The molecule has 6 heteroatoms. The largest absolute Gasteiger partial charge is 0.320 e. The van der Waals surface area contributed by atoms with E-state index in [9.17, 15) is 0 Å². The molecule has 0 radical (unpaired) electrons. The van der Waals surface area contributed by atoms with E-state index >= 15 is 0 Å². The number of hydrogen-bond acceptors (Lipinski definition) is 5. The number of rotatable bonds is 10. The summed E-state index contributed by atoms with van der Waals surface area (Å²) in [5.41, 5.74) is 1.28. The van der Waals surface area contributed by atoms with Crippen LogP contribution in [0.4, 0.5) is 0 Å². The molecule has 3 aromatic carbocycles. The number of fused-ring (bicyclic) bond motifs is 2. The van der Waals surface area contributed by atoms with E-state index in [1.807, 2.05) is 0 Å². The lowest BCUT2D eigenvalue weighted by molar-refractivity contribution is 0.225. The van der Waals surface area contributed by atoms with Gasteiger partial charge >= 0.3 is 0 Å². The summed E-state index contributed by atoms with van der Waals surface area (Å²) in [5.74, 6) is 0.729. The van der Waals surface area contributed by atoms with Crippen molar-refractivity contribution in [3.63, 3.8) is 0 Å². The summed E-state index contributed by atoms with van der Waals surface area (Å²) in [5, 5.41) is 13.9. The molecule has 0 saturated heterocycles. The molecule has 0 spiro atoms. The minimum absolute atomic E-state index is 0.289. The van der Waals surface area contributed by atoms with E-state index in [2.05, 4.69) is 93.0 Å². The zero-order valence-corrected chi connectivity index (χ0v) is 19.7. The second-order valence-corrected chi connectivity index (χ2v) is 10.00. The van der Waals surface area contributed by atoms with Crippen LogP contribution in [-0.2, 0) is 14.2 Å². The SMILES string of the molecule is CC(C)N(C(C)C)P(OCCC#N)OSCc1c2ccccc2cc2ccccc12. The molecule has 30 heavy (non-hydrogen) atoms. The Hall–Kier alpha value is -1.67. The van der Waals surface area contributed by atoms with E-state index in [0.29, 0.717) is 13.0 Å². The fraction of sp³-hybridized carbons (Fsp3) is 0.375. The van der Waals surface area contributed by atoms with Gasteiger partial charge in [-0.3, -0.25) is 3.97 Å². The second kappa shape index (κ2) is 11.1. The van der Waals surface area contributed by atoms with Crippen molar-refractivity contribution in [2.45, 2.75) is 52.0 Å². The maximum atomic E-state index is 8.88. The minimum Gasteiger partial charge on any atom is -0.320 e. The molecule has 1 atom stereocenters. The van der Waals surface area contributed by atoms with Crippen LogP contribution in [-0.4, -0.2) is 23.4 Å². The van der Waals surface area contributed by atoms with Crippen LogP contribution < -0.4 is 0 Å². The van der Waals surface area contributed by atoms with E-state index in [-0.39, 0.29) is 12.1 Å². The highest BCUT2D eigenvalue weighted by atomic mass is 32.2. The van der Waals surface area contributed by atoms with Crippen LogP contribution in [0, 0.1) is 11.3 Å². The van der Waals surface area contributed by atoms with Gasteiger partial charge in [0.15, 0.2) is 0 Å². The van der Waals surface area contributed by atoms with Gasteiger partial charge in [-0.25, -0.2) is 4.67 Å². The summed E-state index contributed by atoms with van der Waals surface area (Å²) in [4.78, 5) is 0. The quantitative estimate of drug-likeness (QED) is 0.142. The Morgan fingerprint density at radius 1 is 0.967 bits per heavy atom. The highest BCUT2D eigenvalue weighted by Crippen LogP contribution is 2.50. The molecule has 158 valence electrons. The van der Waals surface area contributed by atoms with Crippen molar-refractivity contribution in [2.75, 3.05) is 6.61 Å². The van der Waals surface area contributed by atoms with Gasteiger partial charge in [0.2, 0.25) is 0 Å². The molecule has 1 unspecified atom stereocenters. The summed E-state index contributed by atoms with van der Waals surface area (Å²) >= 11 is 1.44. The lowest BCUT2D eigenvalue weighted by Gasteiger charge is -2.34. The highest BCUT2D eigenvalue weighted by molar-refractivity contribution is 7.97. The van der Waals surface area contributed by atoms with Crippen molar-refractivity contribution < 1.29 is 8.49 Å². The maximum Gasteiger partial charge on any atom is 0.271 e. The topological polar surface area (TPSA) is 45.5 Å². The Morgan fingerprint density at radius 2 is 1.53 bits per heavy atom. The second-order valence-electron chi connectivity index (χ2n) is 7.68. The van der Waals surface area contributed by atoms with Gasteiger partial charge in [0.1, 0.15) is 0 Å². The average molecular weight is 441 g/mol. The summed E-state index contributed by atoms with van der Waals surface area (Å²) in [7, 11) is -1.25. The molecule has 0 heterocycles. The molecular formula is C24H29N2O2PS. The molecule has 3 rings (SSSR count). The predicted molar refractivity (Wildman–Crippen MR) is 129 cm³/mol. The summed E-state index contributed by atoms with van der Waals surface area (Å²) < 4.78 is 14.5. The standard InChI is InChI=1S/C24H29N2O2PS/c1-18(2)26(19(3)4)29(27-15-9-14-25)28-30-17-24-22-12-7-5-10-20(22)16-21-11-6-8-13-23(21)24/h5-8,10-13,16,18-19H,9,15,17H2,1-4H3. The first-order chi connectivity index (χ1) is 14.5. The van der Waals surface area contributed by atoms with Crippen LogP contribution in [0.15, 0.2) is 54.6 Å². The average Bonchev–Trinajstić information content (AvgIpc) is 2.72. The van der Waals surface area contributed by atoms with Crippen LogP contribution in [0.1, 0.15) is 39.7 Å². The molecule has 0 aliphatic rings.